The van der Waals surface area contributed by atoms with Crippen LogP contribution in [0.4, 0.5) is 13.2 Å². The molecule has 1 aromatic carbocycles. The first-order valence-electron chi connectivity index (χ1n) is 8.84. The lowest BCUT2D eigenvalue weighted by Crippen LogP contribution is -2.35. The Balaban J connectivity index is 1.91. The molecule has 0 N–H and O–H groups in total. The van der Waals surface area contributed by atoms with Gasteiger partial charge in [0.2, 0.25) is 0 Å². The molecule has 0 spiro atoms. The van der Waals surface area contributed by atoms with E-state index < -0.39 is 11.7 Å². The number of allylic oxidation sites excluding steroid dienone is 4. The van der Waals surface area contributed by atoms with Crippen molar-refractivity contribution < 1.29 is 17.9 Å². The molecule has 26 heavy (non-hydrogen) atoms. The maximum absolute atomic E-state index is 12.7. The van der Waals surface area contributed by atoms with Crippen LogP contribution >= 0.6 is 0 Å². The molecule has 0 bridgehead atoms. The van der Waals surface area contributed by atoms with Gasteiger partial charge >= 0.3 is 6.18 Å². The van der Waals surface area contributed by atoms with Crippen LogP contribution in [0.15, 0.2) is 48.6 Å². The molecule has 0 heterocycles. The molecule has 1 fully saturated rings. The summed E-state index contributed by atoms with van der Waals surface area (Å²) in [5.74, 6) is 0.287. The normalized spacial score (nSPS) is 24.2. The Labute approximate surface area is 153 Å². The molecule has 0 aromatic heterocycles. The summed E-state index contributed by atoms with van der Waals surface area (Å²) in [6, 6.07) is 7.50. The average molecular weight is 363 g/mol. The highest BCUT2D eigenvalue weighted by Gasteiger charge is 2.35. The average Bonchev–Trinajstić information content (AvgIpc) is 2.64. The number of hydrogen-bond donors (Lipinski definition) is 0. The summed E-state index contributed by atoms with van der Waals surface area (Å²) in [5.41, 5.74) is 0.218. The van der Waals surface area contributed by atoms with Crippen LogP contribution in [0.3, 0.4) is 0 Å². The second-order valence-corrected chi connectivity index (χ2v) is 6.74. The Kier molecular flexibility index (Phi) is 7.05. The van der Waals surface area contributed by atoms with Crippen molar-refractivity contribution in [3.8, 4) is 6.07 Å². The molecular weight excluding hydrogens is 339 g/mol. The molecule has 0 saturated heterocycles. The van der Waals surface area contributed by atoms with Gasteiger partial charge in [-0.15, -0.1) is 0 Å². The van der Waals surface area contributed by atoms with Crippen molar-refractivity contribution in [2.24, 2.45) is 0 Å². The van der Waals surface area contributed by atoms with E-state index in [1.54, 1.807) is 25.3 Å². The van der Waals surface area contributed by atoms with Gasteiger partial charge in [0.1, 0.15) is 0 Å². The monoisotopic (exact) mass is 363 g/mol. The number of methoxy groups -OCH3 is 1. The first-order chi connectivity index (χ1) is 12.4. The van der Waals surface area contributed by atoms with Crippen LogP contribution in [0.2, 0.25) is 0 Å². The molecule has 0 aliphatic heterocycles. The van der Waals surface area contributed by atoms with E-state index in [1.807, 2.05) is 18.2 Å². The molecule has 1 aliphatic rings. The van der Waals surface area contributed by atoms with Crippen LogP contribution in [0, 0.1) is 11.3 Å². The minimum absolute atomic E-state index is 0.161. The second-order valence-electron chi connectivity index (χ2n) is 6.74. The van der Waals surface area contributed by atoms with Crippen LogP contribution < -0.4 is 0 Å². The quantitative estimate of drug-likeness (QED) is 0.448. The minimum atomic E-state index is -4.29. The highest BCUT2D eigenvalue weighted by atomic mass is 19.4. The second kappa shape index (κ2) is 9.05. The molecule has 2 rings (SSSR count). The molecule has 1 aromatic rings. The van der Waals surface area contributed by atoms with E-state index in [1.165, 1.54) is 18.2 Å². The predicted octanol–water partition coefficient (Wildman–Crippen LogP) is 6.16. The summed E-state index contributed by atoms with van der Waals surface area (Å²) in [4.78, 5) is 0. The number of benzene rings is 1. The molecule has 0 atom stereocenters. The van der Waals surface area contributed by atoms with E-state index in [-0.39, 0.29) is 11.5 Å². The van der Waals surface area contributed by atoms with Crippen LogP contribution in [0.5, 0.6) is 0 Å². The Bertz CT molecular complexity index is 660. The van der Waals surface area contributed by atoms with Gasteiger partial charge in [-0.3, -0.25) is 0 Å². The summed E-state index contributed by atoms with van der Waals surface area (Å²) in [6.07, 6.45) is 8.14. The highest BCUT2D eigenvalue weighted by Crippen LogP contribution is 2.42. The molecule has 5 heteroatoms. The minimum Gasteiger partial charge on any atom is -0.378 e. The summed E-state index contributed by atoms with van der Waals surface area (Å²) in [6.45, 7) is 0. The maximum Gasteiger partial charge on any atom is 0.416 e. The Morgan fingerprint density at radius 1 is 1.19 bits per heavy atom. The summed E-state index contributed by atoms with van der Waals surface area (Å²) >= 11 is 0. The van der Waals surface area contributed by atoms with Gasteiger partial charge < -0.3 is 4.74 Å². The van der Waals surface area contributed by atoms with Crippen LogP contribution in [0.25, 0.3) is 0 Å². The third-order valence-electron chi connectivity index (χ3n) is 5.22. The van der Waals surface area contributed by atoms with Crippen molar-refractivity contribution in [1.82, 2.24) is 0 Å². The fraction of sp³-hybridized carbons (Fsp3) is 0.476. The number of halogens is 3. The van der Waals surface area contributed by atoms with Gasteiger partial charge in [0.15, 0.2) is 0 Å². The van der Waals surface area contributed by atoms with Crippen molar-refractivity contribution in [2.75, 3.05) is 7.11 Å². The molecular formula is C21H24F3NO. The third kappa shape index (κ3) is 5.47. The SMILES string of the molecule is CO[C@]1(CCC=CC=CC#N)CC[C@H](c2ccc(C(F)(F)F)cc2)CC1. The van der Waals surface area contributed by atoms with E-state index in [4.69, 9.17) is 10.00 Å². The standard InChI is InChI=1S/C21H24F3NO/c1-26-20(13-5-3-2-4-6-16-25)14-11-18(12-15-20)17-7-9-19(10-8-17)21(22,23)24/h2-4,6-10,18H,5,11-15H2,1H3/t18-,20+. The Morgan fingerprint density at radius 2 is 1.85 bits per heavy atom. The maximum atomic E-state index is 12.7. The summed E-state index contributed by atoms with van der Waals surface area (Å²) in [5, 5.41) is 8.43. The van der Waals surface area contributed by atoms with Crippen LogP contribution in [0.1, 0.15) is 55.6 Å². The lowest BCUT2D eigenvalue weighted by molar-refractivity contribution is -0.137. The zero-order valence-corrected chi connectivity index (χ0v) is 14.9. The number of nitriles is 1. The van der Waals surface area contributed by atoms with E-state index >= 15 is 0 Å². The first kappa shape index (κ1) is 20.3. The number of hydrogen-bond acceptors (Lipinski definition) is 2. The van der Waals surface area contributed by atoms with E-state index in [0.717, 1.165) is 44.1 Å². The van der Waals surface area contributed by atoms with Gasteiger partial charge in [0.25, 0.3) is 0 Å². The lowest BCUT2D eigenvalue weighted by atomic mass is 9.74. The highest BCUT2D eigenvalue weighted by molar-refractivity contribution is 5.27. The van der Waals surface area contributed by atoms with Gasteiger partial charge in [-0.1, -0.05) is 30.4 Å². The Morgan fingerprint density at radius 3 is 2.38 bits per heavy atom. The van der Waals surface area contributed by atoms with Crippen LogP contribution in [-0.4, -0.2) is 12.7 Å². The van der Waals surface area contributed by atoms with Gasteiger partial charge in [-0.2, -0.15) is 18.4 Å². The fourth-order valence-electron chi connectivity index (χ4n) is 3.60. The molecule has 0 amide bonds. The summed E-state index contributed by atoms with van der Waals surface area (Å²) < 4.78 is 43.9. The zero-order valence-electron chi connectivity index (χ0n) is 14.9. The number of rotatable bonds is 6. The molecule has 1 aliphatic carbocycles. The molecule has 0 unspecified atom stereocenters. The van der Waals surface area contributed by atoms with Crippen molar-refractivity contribution in [1.29, 1.82) is 5.26 Å². The topological polar surface area (TPSA) is 33.0 Å². The van der Waals surface area contributed by atoms with Gasteiger partial charge in [0.05, 0.1) is 17.2 Å². The van der Waals surface area contributed by atoms with Gasteiger partial charge in [-0.05, 0) is 62.1 Å². The van der Waals surface area contributed by atoms with E-state index in [2.05, 4.69) is 0 Å². The summed E-state index contributed by atoms with van der Waals surface area (Å²) in [7, 11) is 1.73. The molecule has 140 valence electrons. The van der Waals surface area contributed by atoms with E-state index in [0.29, 0.717) is 0 Å². The zero-order chi connectivity index (χ0) is 19.0. The largest absolute Gasteiger partial charge is 0.416 e. The number of ether oxygens (including phenoxy) is 1. The van der Waals surface area contributed by atoms with Crippen molar-refractivity contribution in [2.45, 2.75) is 56.2 Å². The molecule has 1 saturated carbocycles. The third-order valence-corrected chi connectivity index (χ3v) is 5.22. The number of nitrogens with zero attached hydrogens (tertiary/aromatic N) is 1. The predicted molar refractivity (Wildman–Crippen MR) is 95.5 cm³/mol. The van der Waals surface area contributed by atoms with E-state index in [9.17, 15) is 13.2 Å². The smallest absolute Gasteiger partial charge is 0.378 e. The molecule has 2 nitrogen and oxygen atoms in total. The van der Waals surface area contributed by atoms with Crippen molar-refractivity contribution in [3.63, 3.8) is 0 Å². The molecule has 0 radical (unpaired) electrons. The Hall–Kier alpha value is -2.06. The van der Waals surface area contributed by atoms with Gasteiger partial charge in [0, 0.05) is 13.2 Å². The van der Waals surface area contributed by atoms with Crippen LogP contribution in [-0.2, 0) is 10.9 Å². The number of alkyl halides is 3. The lowest BCUT2D eigenvalue weighted by Gasteiger charge is -2.39. The van der Waals surface area contributed by atoms with Crippen molar-refractivity contribution >= 4 is 0 Å². The fourth-order valence-corrected chi connectivity index (χ4v) is 3.60. The first-order valence-corrected chi connectivity index (χ1v) is 8.84. The van der Waals surface area contributed by atoms with Gasteiger partial charge in [-0.25, -0.2) is 0 Å². The van der Waals surface area contributed by atoms with Crippen molar-refractivity contribution in [3.05, 3.63) is 59.7 Å².